The maximum absolute atomic E-state index is 12.8. The van der Waals surface area contributed by atoms with E-state index >= 15 is 0 Å². The molecule has 2 heterocycles. The average molecular weight is 351 g/mol. The molecule has 1 atom stereocenters. The zero-order chi connectivity index (χ0) is 17.5. The minimum absolute atomic E-state index is 0.000579. The summed E-state index contributed by atoms with van der Waals surface area (Å²) < 4.78 is 27.3. The number of benzene rings is 1. The average Bonchev–Trinajstić information content (AvgIpc) is 2.97. The predicted octanol–water partition coefficient (Wildman–Crippen LogP) is 1.53. The number of anilines is 1. The summed E-state index contributed by atoms with van der Waals surface area (Å²) in [5.41, 5.74) is 1.74. The zero-order valence-corrected chi connectivity index (χ0v) is 15.3. The van der Waals surface area contributed by atoms with Crippen LogP contribution >= 0.6 is 0 Å². The zero-order valence-electron chi connectivity index (χ0n) is 14.4. The molecule has 2 aliphatic rings. The van der Waals surface area contributed by atoms with Gasteiger partial charge in [-0.15, -0.1) is 0 Å². The van der Waals surface area contributed by atoms with Crippen molar-refractivity contribution in [1.82, 2.24) is 9.21 Å². The van der Waals surface area contributed by atoms with Crippen LogP contribution in [0.2, 0.25) is 0 Å². The van der Waals surface area contributed by atoms with Gasteiger partial charge in [0.15, 0.2) is 0 Å². The summed E-state index contributed by atoms with van der Waals surface area (Å²) >= 11 is 0. The van der Waals surface area contributed by atoms with Crippen LogP contribution in [0.3, 0.4) is 0 Å². The monoisotopic (exact) mass is 351 g/mol. The Bertz CT molecular complexity index is 737. The Balaban J connectivity index is 1.81. The van der Waals surface area contributed by atoms with Crippen molar-refractivity contribution in [3.63, 3.8) is 0 Å². The molecule has 1 unspecified atom stereocenters. The predicted molar refractivity (Wildman–Crippen MR) is 93.4 cm³/mol. The molecular formula is C17H25N3O3S. The van der Waals surface area contributed by atoms with Crippen LogP contribution in [0, 0.1) is 5.92 Å². The molecule has 1 N–H and O–H groups in total. The van der Waals surface area contributed by atoms with E-state index in [2.05, 4.69) is 12.2 Å². The molecule has 0 bridgehead atoms. The van der Waals surface area contributed by atoms with Crippen molar-refractivity contribution in [3.8, 4) is 0 Å². The second-order valence-electron chi connectivity index (χ2n) is 7.04. The molecule has 2 aliphatic heterocycles. The minimum atomic E-state index is -3.46. The number of amides is 1. The fourth-order valence-corrected chi connectivity index (χ4v) is 4.82. The van der Waals surface area contributed by atoms with Crippen molar-refractivity contribution < 1.29 is 13.2 Å². The van der Waals surface area contributed by atoms with Crippen LogP contribution < -0.4 is 5.32 Å². The molecule has 7 heteroatoms. The van der Waals surface area contributed by atoms with E-state index < -0.39 is 10.0 Å². The van der Waals surface area contributed by atoms with E-state index in [1.165, 1.54) is 0 Å². The molecule has 132 valence electrons. The first-order valence-electron chi connectivity index (χ1n) is 8.40. The standard InChI is InChI=1S/C17H25N3O3S/c1-12-6-8-20(9-7-12)24(22,23)14-5-4-13-10-16(17(21)19(2)3)18-15(13)11-14/h4-5,11-12,16,18H,6-10H2,1-3H3. The highest BCUT2D eigenvalue weighted by Gasteiger charge is 2.32. The molecule has 0 radical (unpaired) electrons. The molecule has 3 rings (SSSR count). The van der Waals surface area contributed by atoms with E-state index in [4.69, 9.17) is 0 Å². The highest BCUT2D eigenvalue weighted by molar-refractivity contribution is 7.89. The van der Waals surface area contributed by atoms with E-state index in [0.717, 1.165) is 24.1 Å². The Hall–Kier alpha value is -1.60. The minimum Gasteiger partial charge on any atom is -0.373 e. The number of likely N-dealkylation sites (N-methyl/N-ethyl adjacent to an activating group) is 1. The van der Waals surface area contributed by atoms with Crippen LogP contribution in [0.5, 0.6) is 0 Å². The number of sulfonamides is 1. The summed E-state index contributed by atoms with van der Waals surface area (Å²) in [4.78, 5) is 14.0. The third-order valence-corrected chi connectivity index (χ3v) is 6.85. The summed E-state index contributed by atoms with van der Waals surface area (Å²) in [6.45, 7) is 3.32. The molecule has 1 fully saturated rings. The van der Waals surface area contributed by atoms with Gasteiger partial charge < -0.3 is 10.2 Å². The summed E-state index contributed by atoms with van der Waals surface area (Å²) in [7, 11) is -0.0182. The number of rotatable bonds is 3. The molecule has 0 spiro atoms. The van der Waals surface area contributed by atoms with Gasteiger partial charge in [0.05, 0.1) is 4.90 Å². The van der Waals surface area contributed by atoms with E-state index in [1.807, 2.05) is 6.07 Å². The van der Waals surface area contributed by atoms with Crippen molar-refractivity contribution in [3.05, 3.63) is 23.8 Å². The van der Waals surface area contributed by atoms with Gasteiger partial charge in [0.1, 0.15) is 6.04 Å². The van der Waals surface area contributed by atoms with Gasteiger partial charge in [-0.2, -0.15) is 4.31 Å². The van der Waals surface area contributed by atoms with Crippen molar-refractivity contribution in [2.24, 2.45) is 5.92 Å². The first kappa shape index (κ1) is 17.2. The Morgan fingerprint density at radius 1 is 1.25 bits per heavy atom. The molecule has 1 aromatic carbocycles. The number of nitrogens with one attached hydrogen (secondary N) is 1. The first-order chi connectivity index (χ1) is 11.3. The van der Waals surface area contributed by atoms with Crippen LogP contribution in [0.25, 0.3) is 0 Å². The quantitative estimate of drug-likeness (QED) is 0.897. The van der Waals surface area contributed by atoms with Gasteiger partial charge in [-0.25, -0.2) is 8.42 Å². The summed E-state index contributed by atoms with van der Waals surface area (Å²) in [6.07, 6.45) is 2.40. The summed E-state index contributed by atoms with van der Waals surface area (Å²) in [5, 5.41) is 3.16. The third kappa shape index (κ3) is 3.15. The van der Waals surface area contributed by atoms with Gasteiger partial charge in [-0.1, -0.05) is 13.0 Å². The summed E-state index contributed by atoms with van der Waals surface area (Å²) in [6, 6.07) is 4.84. The van der Waals surface area contributed by atoms with Crippen LogP contribution in [0.1, 0.15) is 25.3 Å². The lowest BCUT2D eigenvalue weighted by Crippen LogP contribution is -2.38. The lowest BCUT2D eigenvalue weighted by molar-refractivity contribution is -0.129. The number of hydrogen-bond acceptors (Lipinski definition) is 4. The number of fused-ring (bicyclic) bond motifs is 1. The SMILES string of the molecule is CC1CCN(S(=O)(=O)c2ccc3c(c2)NC(C(=O)N(C)C)C3)CC1. The fourth-order valence-electron chi connectivity index (χ4n) is 3.32. The molecule has 1 amide bonds. The van der Waals surface area contributed by atoms with E-state index in [9.17, 15) is 13.2 Å². The number of hydrogen-bond donors (Lipinski definition) is 1. The van der Waals surface area contributed by atoms with Crippen LogP contribution in [-0.4, -0.2) is 56.8 Å². The first-order valence-corrected chi connectivity index (χ1v) is 9.84. The lowest BCUT2D eigenvalue weighted by Gasteiger charge is -2.29. The number of piperidine rings is 1. The maximum atomic E-state index is 12.8. The Kier molecular flexibility index (Phi) is 4.57. The topological polar surface area (TPSA) is 69.7 Å². The second-order valence-corrected chi connectivity index (χ2v) is 8.98. The molecule has 0 saturated carbocycles. The highest BCUT2D eigenvalue weighted by Crippen LogP contribution is 2.31. The van der Waals surface area contributed by atoms with Crippen molar-refractivity contribution in [2.45, 2.75) is 37.1 Å². The largest absolute Gasteiger partial charge is 0.373 e. The van der Waals surface area contributed by atoms with Crippen molar-refractivity contribution in [1.29, 1.82) is 0 Å². The van der Waals surface area contributed by atoms with Gasteiger partial charge in [0.25, 0.3) is 0 Å². The normalized spacial score (nSPS) is 22.0. The van der Waals surface area contributed by atoms with E-state index in [-0.39, 0.29) is 11.9 Å². The van der Waals surface area contributed by atoms with Gasteiger partial charge in [-0.3, -0.25) is 4.79 Å². The Labute approximate surface area is 143 Å². The number of carbonyl (C=O) groups excluding carboxylic acids is 1. The second kappa shape index (κ2) is 6.37. The van der Waals surface area contributed by atoms with E-state index in [1.54, 1.807) is 35.4 Å². The van der Waals surface area contributed by atoms with E-state index in [0.29, 0.717) is 30.3 Å². The van der Waals surface area contributed by atoms with Gasteiger partial charge in [0, 0.05) is 39.3 Å². The maximum Gasteiger partial charge on any atom is 0.244 e. The van der Waals surface area contributed by atoms with Gasteiger partial charge >= 0.3 is 0 Å². The van der Waals surface area contributed by atoms with Crippen LogP contribution in [-0.2, 0) is 21.2 Å². The van der Waals surface area contributed by atoms with Crippen LogP contribution in [0.15, 0.2) is 23.1 Å². The lowest BCUT2D eigenvalue weighted by atomic mass is 10.0. The molecule has 1 saturated heterocycles. The van der Waals surface area contributed by atoms with Gasteiger partial charge in [0.2, 0.25) is 15.9 Å². The smallest absolute Gasteiger partial charge is 0.244 e. The number of nitrogens with zero attached hydrogens (tertiary/aromatic N) is 2. The summed E-state index contributed by atoms with van der Waals surface area (Å²) in [5.74, 6) is 0.580. The Morgan fingerprint density at radius 3 is 2.54 bits per heavy atom. The van der Waals surface area contributed by atoms with Crippen molar-refractivity contribution in [2.75, 3.05) is 32.5 Å². The molecule has 1 aromatic rings. The van der Waals surface area contributed by atoms with Crippen molar-refractivity contribution >= 4 is 21.6 Å². The number of carbonyl (C=O) groups is 1. The molecule has 24 heavy (non-hydrogen) atoms. The highest BCUT2D eigenvalue weighted by atomic mass is 32.2. The molecular weight excluding hydrogens is 326 g/mol. The third-order valence-electron chi connectivity index (χ3n) is 4.95. The Morgan fingerprint density at radius 2 is 1.92 bits per heavy atom. The molecule has 6 nitrogen and oxygen atoms in total. The molecule has 0 aromatic heterocycles. The fraction of sp³-hybridized carbons (Fsp3) is 0.588. The van der Waals surface area contributed by atoms with Crippen LogP contribution in [0.4, 0.5) is 5.69 Å². The molecule has 0 aliphatic carbocycles. The van der Waals surface area contributed by atoms with Gasteiger partial charge in [-0.05, 0) is 36.5 Å².